The second-order valence-electron chi connectivity index (χ2n) is 11.0. The third-order valence-electron chi connectivity index (χ3n) is 6.96. The standard InChI is InChI=1S/C37H62O4/c1-3-5-7-9-11-12-13-14-15-16-17-18-19-20-22-24-30-34-37(40)41-35(31-27-23-21-10-8-6-4-2)32-28-25-26-29-33-36(38)39/h5,7,10-12,14-15,21,27,31,35H,3-4,6,8-9,13,16-20,22-26,28-30,32-34H2,1-2H3,(H,38,39)/b7-5-,12-11-,15-14-,21-10-,31-27-. The molecule has 0 saturated heterocycles. The lowest BCUT2D eigenvalue weighted by atomic mass is 10.1. The first kappa shape index (κ1) is 38.6. The second-order valence-corrected chi connectivity index (χ2v) is 11.0. The maximum absolute atomic E-state index is 12.5. The summed E-state index contributed by atoms with van der Waals surface area (Å²) in [6, 6.07) is 0. The van der Waals surface area contributed by atoms with E-state index in [1.165, 1.54) is 51.4 Å². The summed E-state index contributed by atoms with van der Waals surface area (Å²) >= 11 is 0. The van der Waals surface area contributed by atoms with Crippen LogP contribution in [0.4, 0.5) is 0 Å². The van der Waals surface area contributed by atoms with Gasteiger partial charge in [0.15, 0.2) is 0 Å². The molecule has 0 fully saturated rings. The van der Waals surface area contributed by atoms with Crippen LogP contribution >= 0.6 is 0 Å². The number of aliphatic carboxylic acids is 1. The highest BCUT2D eigenvalue weighted by atomic mass is 16.5. The second kappa shape index (κ2) is 32.2. The Hall–Kier alpha value is -2.36. The molecule has 1 unspecified atom stereocenters. The Morgan fingerprint density at radius 3 is 1.73 bits per heavy atom. The minimum absolute atomic E-state index is 0.0944. The van der Waals surface area contributed by atoms with Crippen LogP contribution in [0.2, 0.25) is 0 Å². The van der Waals surface area contributed by atoms with Crippen LogP contribution in [0.3, 0.4) is 0 Å². The third-order valence-corrected chi connectivity index (χ3v) is 6.96. The SMILES string of the molecule is CC/C=C\C/C=C\C/C=C\CCCCCCCCCC(=O)OC(/C=C\C/C=C\CCCC)CCCCCCC(=O)O. The zero-order chi connectivity index (χ0) is 30.1. The molecule has 0 spiro atoms. The molecule has 0 heterocycles. The summed E-state index contributed by atoms with van der Waals surface area (Å²) < 4.78 is 5.81. The minimum atomic E-state index is -0.731. The number of carbonyl (C=O) groups excluding carboxylic acids is 1. The van der Waals surface area contributed by atoms with Crippen LogP contribution in [0.15, 0.2) is 60.8 Å². The number of allylic oxidation sites excluding steroid dienone is 9. The zero-order valence-electron chi connectivity index (χ0n) is 26.6. The average Bonchev–Trinajstić information content (AvgIpc) is 2.95. The Bertz CT molecular complexity index is 744. The molecule has 0 rings (SSSR count). The van der Waals surface area contributed by atoms with Gasteiger partial charge in [-0.2, -0.15) is 0 Å². The van der Waals surface area contributed by atoms with E-state index in [-0.39, 0.29) is 18.5 Å². The maximum atomic E-state index is 12.5. The Labute approximate surface area is 253 Å². The van der Waals surface area contributed by atoms with Gasteiger partial charge in [-0.15, -0.1) is 0 Å². The van der Waals surface area contributed by atoms with E-state index in [9.17, 15) is 9.59 Å². The highest BCUT2D eigenvalue weighted by Crippen LogP contribution is 2.14. The van der Waals surface area contributed by atoms with Crippen LogP contribution < -0.4 is 0 Å². The first-order valence-corrected chi connectivity index (χ1v) is 16.8. The zero-order valence-corrected chi connectivity index (χ0v) is 26.6. The van der Waals surface area contributed by atoms with Crippen molar-refractivity contribution in [3.05, 3.63) is 60.8 Å². The van der Waals surface area contributed by atoms with E-state index in [1.807, 2.05) is 6.08 Å². The molecular formula is C37H62O4. The van der Waals surface area contributed by atoms with E-state index in [1.54, 1.807) is 0 Å². The predicted molar refractivity (Wildman–Crippen MR) is 176 cm³/mol. The molecular weight excluding hydrogens is 508 g/mol. The van der Waals surface area contributed by atoms with Gasteiger partial charge in [0.1, 0.15) is 6.10 Å². The first-order valence-electron chi connectivity index (χ1n) is 16.8. The van der Waals surface area contributed by atoms with E-state index >= 15 is 0 Å². The van der Waals surface area contributed by atoms with Crippen LogP contribution in [-0.2, 0) is 14.3 Å². The fraction of sp³-hybridized carbons (Fsp3) is 0.676. The molecule has 0 bridgehead atoms. The molecule has 0 amide bonds. The highest BCUT2D eigenvalue weighted by molar-refractivity contribution is 5.69. The van der Waals surface area contributed by atoms with Crippen LogP contribution in [0.1, 0.15) is 155 Å². The van der Waals surface area contributed by atoms with Gasteiger partial charge in [0.2, 0.25) is 0 Å². The molecule has 0 saturated carbocycles. The summed E-state index contributed by atoms with van der Waals surface area (Å²) in [5.41, 5.74) is 0. The molecule has 4 heteroatoms. The van der Waals surface area contributed by atoms with Crippen LogP contribution in [0.25, 0.3) is 0 Å². The Balaban J connectivity index is 4.02. The molecule has 0 aliphatic rings. The molecule has 4 nitrogen and oxygen atoms in total. The minimum Gasteiger partial charge on any atom is -0.481 e. The molecule has 41 heavy (non-hydrogen) atoms. The van der Waals surface area contributed by atoms with E-state index in [2.05, 4.69) is 68.5 Å². The van der Waals surface area contributed by atoms with Crippen molar-refractivity contribution in [2.45, 2.75) is 161 Å². The van der Waals surface area contributed by atoms with Crippen molar-refractivity contribution in [1.82, 2.24) is 0 Å². The van der Waals surface area contributed by atoms with Gasteiger partial charge in [0, 0.05) is 12.8 Å². The fourth-order valence-corrected chi connectivity index (χ4v) is 4.48. The average molecular weight is 571 g/mol. The molecule has 1 N–H and O–H groups in total. The maximum Gasteiger partial charge on any atom is 0.306 e. The lowest BCUT2D eigenvalue weighted by Gasteiger charge is -2.14. The monoisotopic (exact) mass is 570 g/mol. The molecule has 0 aromatic carbocycles. The number of rotatable bonds is 29. The van der Waals surface area contributed by atoms with Crippen molar-refractivity contribution in [1.29, 1.82) is 0 Å². The van der Waals surface area contributed by atoms with E-state index < -0.39 is 5.97 Å². The van der Waals surface area contributed by atoms with Gasteiger partial charge in [-0.05, 0) is 76.7 Å². The summed E-state index contributed by atoms with van der Waals surface area (Å²) in [6.07, 6.45) is 43.9. The van der Waals surface area contributed by atoms with Gasteiger partial charge in [0.25, 0.3) is 0 Å². The lowest BCUT2D eigenvalue weighted by molar-refractivity contribution is -0.147. The summed E-state index contributed by atoms with van der Waals surface area (Å²) in [5.74, 6) is -0.826. The number of unbranched alkanes of at least 4 members (excludes halogenated alkanes) is 12. The normalized spacial score (nSPS) is 13.0. The summed E-state index contributed by atoms with van der Waals surface area (Å²) in [4.78, 5) is 23.2. The smallest absolute Gasteiger partial charge is 0.306 e. The van der Waals surface area contributed by atoms with Gasteiger partial charge >= 0.3 is 11.9 Å². The predicted octanol–water partition coefficient (Wildman–Crippen LogP) is 11.4. The Morgan fingerprint density at radius 1 is 0.585 bits per heavy atom. The molecule has 0 radical (unpaired) electrons. The third kappa shape index (κ3) is 32.0. The van der Waals surface area contributed by atoms with Gasteiger partial charge < -0.3 is 9.84 Å². The van der Waals surface area contributed by atoms with E-state index in [4.69, 9.17) is 9.84 Å². The summed E-state index contributed by atoms with van der Waals surface area (Å²) in [6.45, 7) is 4.36. The quantitative estimate of drug-likeness (QED) is 0.0552. The van der Waals surface area contributed by atoms with Crippen molar-refractivity contribution in [2.24, 2.45) is 0 Å². The van der Waals surface area contributed by atoms with Crippen LogP contribution in [-0.4, -0.2) is 23.1 Å². The highest BCUT2D eigenvalue weighted by Gasteiger charge is 2.11. The molecule has 0 aromatic heterocycles. The van der Waals surface area contributed by atoms with Gasteiger partial charge in [-0.1, -0.05) is 126 Å². The van der Waals surface area contributed by atoms with Gasteiger partial charge in [0.05, 0.1) is 0 Å². The van der Waals surface area contributed by atoms with Crippen LogP contribution in [0, 0.1) is 0 Å². The molecule has 0 aromatic rings. The number of hydrogen-bond acceptors (Lipinski definition) is 3. The fourth-order valence-electron chi connectivity index (χ4n) is 4.48. The number of carboxylic acid groups (broad SMARTS) is 1. The topological polar surface area (TPSA) is 63.6 Å². The summed E-state index contributed by atoms with van der Waals surface area (Å²) in [5, 5.41) is 8.78. The Kier molecular flexibility index (Phi) is 30.3. The summed E-state index contributed by atoms with van der Waals surface area (Å²) in [7, 11) is 0. The largest absolute Gasteiger partial charge is 0.481 e. The lowest BCUT2D eigenvalue weighted by Crippen LogP contribution is -2.16. The number of ether oxygens (including phenoxy) is 1. The van der Waals surface area contributed by atoms with E-state index in [0.29, 0.717) is 12.8 Å². The van der Waals surface area contributed by atoms with Crippen molar-refractivity contribution < 1.29 is 19.4 Å². The van der Waals surface area contributed by atoms with Crippen molar-refractivity contribution in [2.75, 3.05) is 0 Å². The molecule has 1 atom stereocenters. The van der Waals surface area contributed by atoms with Crippen molar-refractivity contribution in [3.8, 4) is 0 Å². The van der Waals surface area contributed by atoms with Crippen LogP contribution in [0.5, 0.6) is 0 Å². The number of carboxylic acids is 1. The molecule has 234 valence electrons. The van der Waals surface area contributed by atoms with Gasteiger partial charge in [-0.25, -0.2) is 0 Å². The van der Waals surface area contributed by atoms with Crippen molar-refractivity contribution in [3.63, 3.8) is 0 Å². The number of esters is 1. The molecule has 0 aliphatic heterocycles. The number of hydrogen-bond donors (Lipinski definition) is 1. The van der Waals surface area contributed by atoms with Gasteiger partial charge in [-0.3, -0.25) is 9.59 Å². The molecule has 0 aliphatic carbocycles. The first-order chi connectivity index (χ1) is 20.1. The Morgan fingerprint density at radius 2 is 1.10 bits per heavy atom. The van der Waals surface area contributed by atoms with E-state index in [0.717, 1.165) is 70.6 Å². The van der Waals surface area contributed by atoms with Crippen molar-refractivity contribution >= 4 is 11.9 Å². The number of carbonyl (C=O) groups is 2.